The maximum atomic E-state index is 10.8. The molecule has 0 aliphatic carbocycles. The predicted molar refractivity (Wildman–Crippen MR) is 82.6 cm³/mol. The lowest BCUT2D eigenvalue weighted by Gasteiger charge is -2.11. The summed E-state index contributed by atoms with van der Waals surface area (Å²) in [5.41, 5.74) is 1.08. The van der Waals surface area contributed by atoms with Crippen molar-refractivity contribution in [2.24, 2.45) is 0 Å². The SMILES string of the molecule is Cc1ccc(Oc2ccc([N+](=O)[O-])cc2C(=N)P)c(O)c1. The summed E-state index contributed by atoms with van der Waals surface area (Å²) < 4.78 is 5.56. The van der Waals surface area contributed by atoms with Gasteiger partial charge in [-0.1, -0.05) is 15.3 Å². The van der Waals surface area contributed by atoms with Crippen molar-refractivity contribution in [3.63, 3.8) is 0 Å². The zero-order valence-electron chi connectivity index (χ0n) is 11.2. The molecule has 0 saturated carbocycles. The van der Waals surface area contributed by atoms with Crippen molar-refractivity contribution in [2.45, 2.75) is 6.92 Å². The van der Waals surface area contributed by atoms with E-state index in [-0.39, 0.29) is 34.0 Å². The number of aryl methyl sites for hydroxylation is 1. The van der Waals surface area contributed by atoms with Crippen molar-refractivity contribution in [2.75, 3.05) is 0 Å². The van der Waals surface area contributed by atoms with E-state index in [1.807, 2.05) is 6.92 Å². The molecule has 0 aromatic heterocycles. The summed E-state index contributed by atoms with van der Waals surface area (Å²) in [6.45, 7) is 1.83. The second-order valence-electron chi connectivity index (χ2n) is 4.42. The van der Waals surface area contributed by atoms with Crippen LogP contribution in [-0.2, 0) is 0 Å². The molecular weight excluding hydrogens is 291 g/mol. The Hall–Kier alpha value is -2.46. The summed E-state index contributed by atoms with van der Waals surface area (Å²) in [5.74, 6) is 0.455. The average molecular weight is 304 g/mol. The van der Waals surface area contributed by atoms with Crippen molar-refractivity contribution in [1.29, 1.82) is 5.41 Å². The minimum Gasteiger partial charge on any atom is -0.504 e. The molecular formula is C14H13N2O4P. The molecule has 0 heterocycles. The lowest BCUT2D eigenvalue weighted by molar-refractivity contribution is -0.384. The van der Waals surface area contributed by atoms with Crippen LogP contribution in [0.4, 0.5) is 5.69 Å². The molecule has 0 aliphatic rings. The van der Waals surface area contributed by atoms with Gasteiger partial charge in [-0.3, -0.25) is 10.1 Å². The Balaban J connectivity index is 2.44. The summed E-state index contributed by atoms with van der Waals surface area (Å²) in [5, 5.41) is 28.3. The van der Waals surface area contributed by atoms with Crippen molar-refractivity contribution < 1.29 is 14.8 Å². The number of nitrogens with zero attached hydrogens (tertiary/aromatic N) is 1. The van der Waals surface area contributed by atoms with Crippen molar-refractivity contribution >= 4 is 20.4 Å². The fraction of sp³-hybridized carbons (Fsp3) is 0.0714. The number of rotatable bonds is 4. The van der Waals surface area contributed by atoms with Crippen LogP contribution in [0, 0.1) is 22.4 Å². The molecule has 0 aliphatic heterocycles. The highest BCUT2D eigenvalue weighted by atomic mass is 31.0. The molecule has 1 atom stereocenters. The number of phenolic OH excluding ortho intramolecular Hbond substituents is 1. The van der Waals surface area contributed by atoms with Crippen LogP contribution in [-0.4, -0.2) is 15.5 Å². The summed E-state index contributed by atoms with van der Waals surface area (Å²) in [7, 11) is 2.17. The van der Waals surface area contributed by atoms with Crippen LogP contribution < -0.4 is 4.74 Å². The molecule has 0 fully saturated rings. The average Bonchev–Trinajstić information content (AvgIpc) is 2.41. The first-order valence-corrected chi connectivity index (χ1v) is 6.56. The Morgan fingerprint density at radius 3 is 2.52 bits per heavy atom. The molecule has 1 unspecified atom stereocenters. The van der Waals surface area contributed by atoms with Crippen LogP contribution in [0.2, 0.25) is 0 Å². The highest BCUT2D eigenvalue weighted by Gasteiger charge is 2.15. The van der Waals surface area contributed by atoms with Gasteiger partial charge in [0.05, 0.1) is 10.4 Å². The van der Waals surface area contributed by atoms with E-state index in [1.165, 1.54) is 18.2 Å². The lowest BCUT2D eigenvalue weighted by atomic mass is 10.2. The van der Waals surface area contributed by atoms with Crippen LogP contribution in [0.1, 0.15) is 11.1 Å². The van der Waals surface area contributed by atoms with Gasteiger partial charge in [0, 0.05) is 17.7 Å². The predicted octanol–water partition coefficient (Wildman–Crippen LogP) is 3.60. The maximum absolute atomic E-state index is 10.8. The topological polar surface area (TPSA) is 96.5 Å². The number of non-ortho nitro benzene ring substituents is 1. The van der Waals surface area contributed by atoms with Gasteiger partial charge in [-0.05, 0) is 30.7 Å². The number of nitro benzene ring substituents is 1. The van der Waals surface area contributed by atoms with Gasteiger partial charge in [0.15, 0.2) is 11.5 Å². The number of hydrogen-bond donors (Lipinski definition) is 2. The van der Waals surface area contributed by atoms with Gasteiger partial charge < -0.3 is 15.3 Å². The molecule has 2 aromatic carbocycles. The number of nitrogens with one attached hydrogen (secondary N) is 1. The number of ether oxygens (including phenoxy) is 1. The molecule has 2 rings (SSSR count). The number of hydrogen-bond acceptors (Lipinski definition) is 5. The fourth-order valence-corrected chi connectivity index (χ4v) is 1.99. The molecule has 0 radical (unpaired) electrons. The molecule has 108 valence electrons. The van der Waals surface area contributed by atoms with E-state index in [2.05, 4.69) is 9.24 Å². The van der Waals surface area contributed by atoms with Gasteiger partial charge >= 0.3 is 0 Å². The van der Waals surface area contributed by atoms with Gasteiger partial charge in [-0.25, -0.2) is 0 Å². The van der Waals surface area contributed by atoms with Crippen molar-refractivity contribution in [3.8, 4) is 17.2 Å². The molecule has 21 heavy (non-hydrogen) atoms. The van der Waals surface area contributed by atoms with Crippen LogP contribution in [0.5, 0.6) is 17.2 Å². The summed E-state index contributed by atoms with van der Waals surface area (Å²) in [4.78, 5) is 10.2. The zero-order valence-corrected chi connectivity index (χ0v) is 12.3. The van der Waals surface area contributed by atoms with Gasteiger partial charge in [0.25, 0.3) is 5.69 Å². The van der Waals surface area contributed by atoms with E-state index in [1.54, 1.807) is 18.2 Å². The van der Waals surface area contributed by atoms with Gasteiger partial charge in [-0.15, -0.1) is 0 Å². The maximum Gasteiger partial charge on any atom is 0.270 e. The van der Waals surface area contributed by atoms with Crippen LogP contribution in [0.25, 0.3) is 0 Å². The van der Waals surface area contributed by atoms with Crippen molar-refractivity contribution in [3.05, 3.63) is 57.6 Å². The molecule has 0 spiro atoms. The minimum absolute atomic E-state index is 0.0328. The van der Waals surface area contributed by atoms with Crippen LogP contribution >= 0.6 is 9.24 Å². The first-order valence-electron chi connectivity index (χ1n) is 5.99. The Morgan fingerprint density at radius 1 is 1.29 bits per heavy atom. The Labute approximate surface area is 123 Å². The van der Waals surface area contributed by atoms with E-state index >= 15 is 0 Å². The highest BCUT2D eigenvalue weighted by Crippen LogP contribution is 2.35. The standard InChI is InChI=1S/C14H13N2O4P/c1-8-2-4-13(11(17)6-8)20-12-5-3-9(16(18)19)7-10(12)14(15)21/h2-7,15,17H,21H2,1H3. The van der Waals surface area contributed by atoms with E-state index in [0.29, 0.717) is 0 Å². The second-order valence-corrected chi connectivity index (χ2v) is 5.00. The van der Waals surface area contributed by atoms with E-state index in [9.17, 15) is 15.2 Å². The number of benzene rings is 2. The first kappa shape index (κ1) is 14.9. The van der Waals surface area contributed by atoms with Gasteiger partial charge in [0.2, 0.25) is 0 Å². The van der Waals surface area contributed by atoms with Crippen molar-refractivity contribution in [1.82, 2.24) is 0 Å². The summed E-state index contributed by atoms with van der Waals surface area (Å²) in [6.07, 6.45) is 0. The Morgan fingerprint density at radius 2 is 1.95 bits per heavy atom. The zero-order chi connectivity index (χ0) is 15.6. The lowest BCUT2D eigenvalue weighted by Crippen LogP contribution is -1.97. The smallest absolute Gasteiger partial charge is 0.270 e. The molecule has 2 aromatic rings. The molecule has 6 nitrogen and oxygen atoms in total. The highest BCUT2D eigenvalue weighted by molar-refractivity contribution is 7.41. The second kappa shape index (κ2) is 5.89. The number of phenols is 1. The fourth-order valence-electron chi connectivity index (χ4n) is 1.76. The Kier molecular flexibility index (Phi) is 4.19. The monoisotopic (exact) mass is 304 g/mol. The summed E-state index contributed by atoms with van der Waals surface area (Å²) >= 11 is 0. The van der Waals surface area contributed by atoms with Gasteiger partial charge in [0.1, 0.15) is 5.75 Å². The van der Waals surface area contributed by atoms with E-state index in [0.717, 1.165) is 5.56 Å². The largest absolute Gasteiger partial charge is 0.504 e. The van der Waals surface area contributed by atoms with Gasteiger partial charge in [-0.2, -0.15) is 0 Å². The third kappa shape index (κ3) is 3.35. The number of nitro groups is 1. The van der Waals surface area contributed by atoms with Crippen LogP contribution in [0.3, 0.4) is 0 Å². The third-order valence-electron chi connectivity index (χ3n) is 2.80. The summed E-state index contributed by atoms with van der Waals surface area (Å²) in [6, 6.07) is 8.87. The molecule has 0 amide bonds. The van der Waals surface area contributed by atoms with E-state index < -0.39 is 4.92 Å². The third-order valence-corrected chi connectivity index (χ3v) is 3.11. The molecule has 7 heteroatoms. The molecule has 2 N–H and O–H groups in total. The van der Waals surface area contributed by atoms with Crippen LogP contribution in [0.15, 0.2) is 36.4 Å². The molecule has 0 saturated heterocycles. The number of aromatic hydroxyl groups is 1. The first-order chi connectivity index (χ1) is 9.88. The quantitative estimate of drug-likeness (QED) is 0.390. The Bertz CT molecular complexity index is 731. The minimum atomic E-state index is -0.537. The normalized spacial score (nSPS) is 10.2. The molecule has 0 bridgehead atoms. The van der Waals surface area contributed by atoms with E-state index in [4.69, 9.17) is 10.1 Å².